The zero-order chi connectivity index (χ0) is 15.3. The number of aliphatic carboxylic acids is 1. The second-order valence-electron chi connectivity index (χ2n) is 4.02. The van der Waals surface area contributed by atoms with Crippen LogP contribution in [0.25, 0.3) is 6.08 Å². The smallest absolute Gasteiger partial charge is 0.414 e. The maximum Gasteiger partial charge on any atom is 0.414 e. The van der Waals surface area contributed by atoms with E-state index in [1.165, 1.54) is 18.2 Å². The molecule has 1 aromatic carbocycles. The summed E-state index contributed by atoms with van der Waals surface area (Å²) in [4.78, 5) is 10.3. The van der Waals surface area contributed by atoms with E-state index in [-0.39, 0.29) is 11.1 Å². The molecule has 0 fully saturated rings. The van der Waals surface area contributed by atoms with Crippen LogP contribution >= 0.6 is 0 Å². The molecule has 1 atom stereocenters. The van der Waals surface area contributed by atoms with Gasteiger partial charge in [0.2, 0.25) is 0 Å². The highest BCUT2D eigenvalue weighted by Crippen LogP contribution is 2.23. The second kappa shape index (κ2) is 6.51. The molecule has 0 saturated carbocycles. The van der Waals surface area contributed by atoms with Crippen LogP contribution < -0.4 is 0 Å². The summed E-state index contributed by atoms with van der Waals surface area (Å²) in [6.45, 7) is 0.317. The third kappa shape index (κ3) is 5.00. The fraction of sp³-hybridized carbons (Fsp3) is 0.308. The van der Waals surface area contributed by atoms with Crippen molar-refractivity contribution in [2.75, 3.05) is 0 Å². The Morgan fingerprint density at radius 3 is 2.60 bits per heavy atom. The van der Waals surface area contributed by atoms with Gasteiger partial charge >= 0.3 is 12.1 Å². The minimum Gasteiger partial charge on any atom is -0.478 e. The van der Waals surface area contributed by atoms with E-state index < -0.39 is 30.7 Å². The predicted molar refractivity (Wildman–Crippen MR) is 63.4 cm³/mol. The average molecular weight is 292 g/mol. The van der Waals surface area contributed by atoms with Gasteiger partial charge < -0.3 is 9.84 Å². The van der Waals surface area contributed by atoms with Gasteiger partial charge in [0.25, 0.3) is 0 Å². The van der Waals surface area contributed by atoms with Crippen molar-refractivity contribution in [2.24, 2.45) is 0 Å². The second-order valence-corrected chi connectivity index (χ2v) is 4.02. The Balaban J connectivity index is 2.72. The largest absolute Gasteiger partial charge is 0.478 e. The van der Waals surface area contributed by atoms with Crippen LogP contribution in [0.1, 0.15) is 18.1 Å². The van der Waals surface area contributed by atoms with Crippen LogP contribution in [0.2, 0.25) is 0 Å². The molecular weight excluding hydrogens is 280 g/mol. The normalized spacial score (nSPS) is 13.7. The molecule has 0 saturated heterocycles. The highest BCUT2D eigenvalue weighted by Gasteiger charge is 2.36. The van der Waals surface area contributed by atoms with E-state index in [0.717, 1.165) is 19.1 Å². The first kappa shape index (κ1) is 16.2. The molecule has 0 radical (unpaired) electrons. The summed E-state index contributed by atoms with van der Waals surface area (Å²) in [6.07, 6.45) is -4.49. The first-order chi connectivity index (χ1) is 9.20. The Morgan fingerprint density at radius 1 is 1.45 bits per heavy atom. The number of rotatable bonds is 5. The van der Waals surface area contributed by atoms with Crippen LogP contribution in [0.4, 0.5) is 17.6 Å². The van der Waals surface area contributed by atoms with Crippen molar-refractivity contribution >= 4 is 12.0 Å². The molecule has 0 bridgehead atoms. The van der Waals surface area contributed by atoms with E-state index in [4.69, 9.17) is 5.11 Å². The topological polar surface area (TPSA) is 46.5 Å². The molecule has 0 aromatic heterocycles. The maximum atomic E-state index is 13.6. The van der Waals surface area contributed by atoms with Gasteiger partial charge in [-0.25, -0.2) is 9.18 Å². The molecule has 1 N–H and O–H groups in total. The molecule has 1 unspecified atom stereocenters. The van der Waals surface area contributed by atoms with E-state index in [1.807, 2.05) is 0 Å². The van der Waals surface area contributed by atoms with Crippen molar-refractivity contribution in [2.45, 2.75) is 25.8 Å². The minimum absolute atomic E-state index is 0.0337. The summed E-state index contributed by atoms with van der Waals surface area (Å²) in [5, 5.41) is 8.41. The maximum absolute atomic E-state index is 13.6. The number of carboxylic acid groups (broad SMARTS) is 1. The molecule has 0 aliphatic carbocycles. The summed E-state index contributed by atoms with van der Waals surface area (Å²) in [6, 6.07) is 3.66. The number of carbonyl (C=O) groups is 1. The minimum atomic E-state index is -4.50. The number of benzene rings is 1. The van der Waals surface area contributed by atoms with Gasteiger partial charge in [0.05, 0.1) is 6.61 Å². The van der Waals surface area contributed by atoms with Crippen molar-refractivity contribution in [3.05, 3.63) is 41.2 Å². The first-order valence-corrected chi connectivity index (χ1v) is 5.58. The highest BCUT2D eigenvalue weighted by atomic mass is 19.4. The molecule has 0 amide bonds. The summed E-state index contributed by atoms with van der Waals surface area (Å²) in [5.74, 6) is -1.94. The number of hydrogen-bond donors (Lipinski definition) is 1. The number of halogens is 4. The van der Waals surface area contributed by atoms with E-state index in [1.54, 1.807) is 0 Å². The molecule has 7 heteroatoms. The Morgan fingerprint density at radius 2 is 2.10 bits per heavy atom. The van der Waals surface area contributed by atoms with Crippen LogP contribution in [0.3, 0.4) is 0 Å². The Labute approximate surface area is 112 Å². The molecule has 0 heterocycles. The molecule has 0 spiro atoms. The zero-order valence-corrected chi connectivity index (χ0v) is 10.4. The van der Waals surface area contributed by atoms with Gasteiger partial charge in [0.15, 0.2) is 6.10 Å². The standard InChI is InChI=1S/C13H12F4O3/c1-8(13(15,16)17)20-7-10-4-2-9(6-11(10)14)3-5-12(18)19/h2-6,8H,7H2,1H3,(H,18,19). The highest BCUT2D eigenvalue weighted by molar-refractivity contribution is 5.85. The predicted octanol–water partition coefficient (Wildman–Crippen LogP) is 3.39. The summed E-state index contributed by atoms with van der Waals surface area (Å²) < 4.78 is 54.7. The fourth-order valence-electron chi connectivity index (χ4n) is 1.26. The molecule has 0 aliphatic rings. The number of carboxylic acids is 1. The van der Waals surface area contributed by atoms with Gasteiger partial charge in [-0.1, -0.05) is 12.1 Å². The molecule has 1 rings (SSSR count). The van der Waals surface area contributed by atoms with Gasteiger partial charge in [0.1, 0.15) is 5.82 Å². The number of hydrogen-bond acceptors (Lipinski definition) is 2. The lowest BCUT2D eigenvalue weighted by atomic mass is 10.1. The van der Waals surface area contributed by atoms with Gasteiger partial charge in [0, 0.05) is 11.6 Å². The van der Waals surface area contributed by atoms with Crippen molar-refractivity contribution < 1.29 is 32.2 Å². The van der Waals surface area contributed by atoms with Crippen molar-refractivity contribution in [1.29, 1.82) is 0 Å². The Kier molecular flexibility index (Phi) is 5.26. The van der Waals surface area contributed by atoms with Crippen LogP contribution in [-0.4, -0.2) is 23.4 Å². The molecule has 1 aromatic rings. The summed E-state index contributed by atoms with van der Waals surface area (Å²) in [5.41, 5.74) is 0.256. The van der Waals surface area contributed by atoms with Crippen LogP contribution in [-0.2, 0) is 16.1 Å². The molecule has 0 aliphatic heterocycles. The quantitative estimate of drug-likeness (QED) is 0.668. The SMILES string of the molecule is CC(OCc1ccc(C=CC(=O)O)cc1F)C(F)(F)F. The average Bonchev–Trinajstić information content (AvgIpc) is 2.33. The monoisotopic (exact) mass is 292 g/mol. The van der Waals surface area contributed by atoms with E-state index in [9.17, 15) is 22.4 Å². The molecule has 20 heavy (non-hydrogen) atoms. The lowest BCUT2D eigenvalue weighted by Crippen LogP contribution is -2.28. The number of alkyl halides is 3. The summed E-state index contributed by atoms with van der Waals surface area (Å²) in [7, 11) is 0. The van der Waals surface area contributed by atoms with E-state index >= 15 is 0 Å². The van der Waals surface area contributed by atoms with Gasteiger partial charge in [-0.05, 0) is 24.6 Å². The zero-order valence-electron chi connectivity index (χ0n) is 10.4. The lowest BCUT2D eigenvalue weighted by molar-refractivity contribution is -0.217. The van der Waals surface area contributed by atoms with Gasteiger partial charge in [-0.2, -0.15) is 13.2 Å². The third-order valence-corrected chi connectivity index (χ3v) is 2.45. The number of ether oxygens (including phenoxy) is 1. The fourth-order valence-corrected chi connectivity index (χ4v) is 1.26. The molecule has 3 nitrogen and oxygen atoms in total. The van der Waals surface area contributed by atoms with E-state index in [0.29, 0.717) is 0 Å². The molecular formula is C13H12F4O3. The first-order valence-electron chi connectivity index (χ1n) is 5.58. The third-order valence-electron chi connectivity index (χ3n) is 2.45. The van der Waals surface area contributed by atoms with Crippen LogP contribution in [0.5, 0.6) is 0 Å². The van der Waals surface area contributed by atoms with Crippen molar-refractivity contribution in [3.8, 4) is 0 Å². The Bertz CT molecular complexity index is 509. The van der Waals surface area contributed by atoms with Crippen LogP contribution in [0, 0.1) is 5.82 Å². The van der Waals surface area contributed by atoms with E-state index in [2.05, 4.69) is 4.74 Å². The van der Waals surface area contributed by atoms with Gasteiger partial charge in [-0.15, -0.1) is 0 Å². The Hall–Kier alpha value is -1.89. The van der Waals surface area contributed by atoms with Crippen LogP contribution in [0.15, 0.2) is 24.3 Å². The van der Waals surface area contributed by atoms with Crippen molar-refractivity contribution in [3.63, 3.8) is 0 Å². The van der Waals surface area contributed by atoms with Gasteiger partial charge in [-0.3, -0.25) is 0 Å². The lowest BCUT2D eigenvalue weighted by Gasteiger charge is -2.16. The molecule has 110 valence electrons. The van der Waals surface area contributed by atoms with Crippen molar-refractivity contribution in [1.82, 2.24) is 0 Å². The summed E-state index contributed by atoms with van der Waals surface area (Å²) >= 11 is 0.